The molecular weight excluding hydrogens is 396 g/mol. The van der Waals surface area contributed by atoms with Gasteiger partial charge in [0, 0.05) is 45.7 Å². The fourth-order valence-corrected chi connectivity index (χ4v) is 5.38. The molecule has 2 saturated heterocycles. The highest BCUT2D eigenvalue weighted by Gasteiger charge is 2.31. The van der Waals surface area contributed by atoms with Crippen molar-refractivity contribution in [3.8, 4) is 0 Å². The van der Waals surface area contributed by atoms with Crippen molar-refractivity contribution in [1.82, 2.24) is 25.3 Å². The van der Waals surface area contributed by atoms with Gasteiger partial charge in [0.15, 0.2) is 5.96 Å². The Morgan fingerprint density at radius 3 is 2.73 bits per heavy atom. The number of likely N-dealkylation sites (N-methyl/N-ethyl adjacent to an activating group) is 1. The Bertz CT molecular complexity index is 671. The Hall–Kier alpha value is -1.64. The van der Waals surface area contributed by atoms with E-state index in [4.69, 9.17) is 0 Å². The number of carbonyl (C=O) groups is 1. The first kappa shape index (κ1) is 23.0. The first-order chi connectivity index (χ1) is 14.6. The molecule has 0 spiro atoms. The molecule has 30 heavy (non-hydrogen) atoms. The molecule has 2 fully saturated rings. The van der Waals surface area contributed by atoms with Gasteiger partial charge in [0.25, 0.3) is 0 Å². The number of thiophene rings is 1. The summed E-state index contributed by atoms with van der Waals surface area (Å²) in [5.41, 5.74) is 0. The minimum absolute atomic E-state index is 0.0597. The molecule has 1 aromatic heterocycles. The molecule has 7 nitrogen and oxygen atoms in total. The average molecular weight is 435 g/mol. The lowest BCUT2D eigenvalue weighted by atomic mass is 10.2. The lowest BCUT2D eigenvalue weighted by Gasteiger charge is -2.28. The second-order valence-electron chi connectivity index (χ2n) is 8.43. The Balaban J connectivity index is 1.42. The van der Waals surface area contributed by atoms with Crippen LogP contribution in [0.5, 0.6) is 0 Å². The molecule has 1 aromatic rings. The maximum Gasteiger partial charge on any atom is 0.239 e. The lowest BCUT2D eigenvalue weighted by Crippen LogP contribution is -2.45. The summed E-state index contributed by atoms with van der Waals surface area (Å²) in [5, 5.41) is 9.15. The van der Waals surface area contributed by atoms with Crippen molar-refractivity contribution in [1.29, 1.82) is 0 Å². The number of hydrogen-bond donors (Lipinski definition) is 2. The topological polar surface area (TPSA) is 63.2 Å². The first-order valence-corrected chi connectivity index (χ1v) is 12.2. The molecule has 2 aliphatic heterocycles. The van der Waals surface area contributed by atoms with Crippen LogP contribution in [0.1, 0.15) is 43.0 Å². The predicted molar refractivity (Wildman–Crippen MR) is 125 cm³/mol. The van der Waals surface area contributed by atoms with Gasteiger partial charge in [-0.2, -0.15) is 0 Å². The zero-order valence-corrected chi connectivity index (χ0v) is 19.6. The third kappa shape index (κ3) is 6.18. The molecule has 0 saturated carbocycles. The third-order valence-electron chi connectivity index (χ3n) is 6.14. The number of carbonyl (C=O) groups excluding carboxylic acids is 1. The van der Waals surface area contributed by atoms with Crippen LogP contribution in [0.25, 0.3) is 0 Å². The molecule has 0 bridgehead atoms. The molecule has 0 aliphatic carbocycles. The molecule has 2 aliphatic rings. The van der Waals surface area contributed by atoms with E-state index in [2.05, 4.69) is 42.9 Å². The number of hydrogen-bond acceptors (Lipinski definition) is 5. The number of amides is 1. The molecule has 168 valence electrons. The summed E-state index contributed by atoms with van der Waals surface area (Å²) in [6.45, 7) is 6.05. The van der Waals surface area contributed by atoms with E-state index in [0.29, 0.717) is 6.04 Å². The number of nitrogens with zero attached hydrogens (tertiary/aromatic N) is 4. The summed E-state index contributed by atoms with van der Waals surface area (Å²) in [7, 11) is 5.53. The molecule has 3 rings (SSSR count). The predicted octanol–water partition coefficient (Wildman–Crippen LogP) is 1.99. The van der Waals surface area contributed by atoms with Crippen LogP contribution in [0.3, 0.4) is 0 Å². The van der Waals surface area contributed by atoms with Gasteiger partial charge in [0.2, 0.25) is 5.91 Å². The van der Waals surface area contributed by atoms with E-state index < -0.39 is 0 Å². The third-order valence-corrected chi connectivity index (χ3v) is 7.12. The smallest absolute Gasteiger partial charge is 0.239 e. The number of likely N-dealkylation sites (tertiary alicyclic amines) is 2. The van der Waals surface area contributed by atoms with Crippen molar-refractivity contribution in [2.24, 2.45) is 4.99 Å². The Morgan fingerprint density at radius 2 is 2.07 bits per heavy atom. The highest BCUT2D eigenvalue weighted by Crippen LogP contribution is 2.27. The Labute approximate surface area is 185 Å². The van der Waals surface area contributed by atoms with Crippen molar-refractivity contribution in [2.75, 3.05) is 60.4 Å². The monoisotopic (exact) mass is 434 g/mol. The SMILES string of the molecule is CN=C(NCCCN1CCCC1C(=O)N(C)C)NCC(c1cccs1)N1CCCC1. The molecule has 2 N–H and O–H groups in total. The maximum atomic E-state index is 12.3. The number of nitrogens with one attached hydrogen (secondary N) is 2. The summed E-state index contributed by atoms with van der Waals surface area (Å²) in [6, 6.07) is 4.86. The van der Waals surface area contributed by atoms with E-state index in [1.165, 1.54) is 30.8 Å². The normalized spacial score (nSPS) is 21.7. The summed E-state index contributed by atoms with van der Waals surface area (Å²) in [6.07, 6.45) is 5.68. The van der Waals surface area contributed by atoms with Gasteiger partial charge in [0.05, 0.1) is 12.1 Å². The zero-order chi connectivity index (χ0) is 21.3. The van der Waals surface area contributed by atoms with Crippen molar-refractivity contribution in [3.63, 3.8) is 0 Å². The van der Waals surface area contributed by atoms with E-state index in [1.807, 2.05) is 32.5 Å². The second kappa shape index (κ2) is 11.7. The van der Waals surface area contributed by atoms with E-state index in [1.54, 1.807) is 4.90 Å². The average Bonchev–Trinajstić information content (AvgIpc) is 3.52. The number of guanidine groups is 1. The second-order valence-corrected chi connectivity index (χ2v) is 9.41. The first-order valence-electron chi connectivity index (χ1n) is 11.3. The zero-order valence-electron chi connectivity index (χ0n) is 18.8. The lowest BCUT2D eigenvalue weighted by molar-refractivity contribution is -0.133. The van der Waals surface area contributed by atoms with Crippen LogP contribution >= 0.6 is 11.3 Å². The van der Waals surface area contributed by atoms with Crippen LogP contribution in [-0.2, 0) is 4.79 Å². The van der Waals surface area contributed by atoms with Gasteiger partial charge < -0.3 is 15.5 Å². The molecule has 1 amide bonds. The van der Waals surface area contributed by atoms with E-state index in [9.17, 15) is 4.79 Å². The summed E-state index contributed by atoms with van der Waals surface area (Å²) < 4.78 is 0. The van der Waals surface area contributed by atoms with Crippen molar-refractivity contribution >= 4 is 23.2 Å². The molecule has 0 aromatic carbocycles. The quantitative estimate of drug-likeness (QED) is 0.354. The molecular formula is C22H38N6OS. The molecule has 2 unspecified atom stereocenters. The molecule has 8 heteroatoms. The largest absolute Gasteiger partial charge is 0.356 e. The minimum Gasteiger partial charge on any atom is -0.356 e. The fourth-order valence-electron chi connectivity index (χ4n) is 4.52. The standard InChI is InChI=1S/C22H38N6OS/c1-23-22(24-11-8-15-27-14-6-9-18(27)21(29)26(2)3)25-17-19(20-10-7-16-30-20)28-12-4-5-13-28/h7,10,16,18-19H,4-6,8-9,11-15,17H2,1-3H3,(H2,23,24,25). The van der Waals surface area contributed by atoms with Gasteiger partial charge in [-0.15, -0.1) is 11.3 Å². The fraction of sp³-hybridized carbons (Fsp3) is 0.727. The number of aliphatic imine (C=N–C) groups is 1. The molecule has 3 heterocycles. The highest BCUT2D eigenvalue weighted by molar-refractivity contribution is 7.10. The van der Waals surface area contributed by atoms with Gasteiger partial charge in [-0.3, -0.25) is 19.6 Å². The van der Waals surface area contributed by atoms with Crippen LogP contribution < -0.4 is 10.6 Å². The number of rotatable bonds is 9. The van der Waals surface area contributed by atoms with Crippen LogP contribution in [-0.4, -0.2) is 93.0 Å². The van der Waals surface area contributed by atoms with Gasteiger partial charge in [-0.25, -0.2) is 0 Å². The minimum atomic E-state index is 0.0597. The Kier molecular flexibility index (Phi) is 8.96. The molecule has 2 atom stereocenters. The van der Waals surface area contributed by atoms with E-state index in [0.717, 1.165) is 51.4 Å². The van der Waals surface area contributed by atoms with E-state index >= 15 is 0 Å². The van der Waals surface area contributed by atoms with Gasteiger partial charge in [-0.1, -0.05) is 6.07 Å². The van der Waals surface area contributed by atoms with Gasteiger partial charge in [-0.05, 0) is 63.2 Å². The van der Waals surface area contributed by atoms with Crippen molar-refractivity contribution in [3.05, 3.63) is 22.4 Å². The van der Waals surface area contributed by atoms with Crippen molar-refractivity contribution in [2.45, 2.75) is 44.2 Å². The van der Waals surface area contributed by atoms with Crippen LogP contribution in [0.2, 0.25) is 0 Å². The van der Waals surface area contributed by atoms with Crippen LogP contribution in [0, 0.1) is 0 Å². The van der Waals surface area contributed by atoms with Crippen molar-refractivity contribution < 1.29 is 4.79 Å². The summed E-state index contributed by atoms with van der Waals surface area (Å²) in [5.74, 6) is 1.09. The van der Waals surface area contributed by atoms with Crippen LogP contribution in [0.15, 0.2) is 22.5 Å². The summed E-state index contributed by atoms with van der Waals surface area (Å²) >= 11 is 1.84. The Morgan fingerprint density at radius 1 is 1.27 bits per heavy atom. The maximum absolute atomic E-state index is 12.3. The summed E-state index contributed by atoms with van der Waals surface area (Å²) in [4.78, 5) is 24.8. The van der Waals surface area contributed by atoms with Crippen LogP contribution in [0.4, 0.5) is 0 Å². The van der Waals surface area contributed by atoms with E-state index in [-0.39, 0.29) is 11.9 Å². The molecule has 0 radical (unpaired) electrons. The van der Waals surface area contributed by atoms with Gasteiger partial charge in [0.1, 0.15) is 0 Å². The van der Waals surface area contributed by atoms with Gasteiger partial charge >= 0.3 is 0 Å². The highest BCUT2D eigenvalue weighted by atomic mass is 32.1.